The topological polar surface area (TPSA) is 6.89 Å². The molecule has 2 heteroatoms. The maximum Gasteiger partial charge on any atom is 0.169 e. The third kappa shape index (κ3) is 2.98. The molecule has 0 radical (unpaired) electrons. The van der Waals surface area contributed by atoms with Crippen molar-refractivity contribution >= 4 is 12.3 Å². The van der Waals surface area contributed by atoms with Gasteiger partial charge in [-0.1, -0.05) is 6.58 Å². The Bertz CT molecular complexity index is 372. The maximum absolute atomic E-state index is 3.98. The van der Waals surface area contributed by atoms with Crippen LogP contribution in [0.15, 0.2) is 43.4 Å². The fraction of sp³-hybridized carbons (Fsp3) is 0.167. The van der Waals surface area contributed by atoms with Crippen LogP contribution in [0.5, 0.6) is 0 Å². The molecule has 2 nitrogen and oxygen atoms in total. The van der Waals surface area contributed by atoms with Gasteiger partial charge in [0.05, 0.1) is 0 Å². The lowest BCUT2D eigenvalue weighted by atomic mass is 10.1. The van der Waals surface area contributed by atoms with Crippen molar-refractivity contribution < 1.29 is 9.14 Å². The summed E-state index contributed by atoms with van der Waals surface area (Å²) in [5.41, 5.74) is 2.11. The number of allylic oxidation sites excluding steroid dienone is 2. The molecule has 1 aromatic rings. The van der Waals surface area contributed by atoms with Crippen LogP contribution in [-0.4, -0.2) is 18.3 Å². The van der Waals surface area contributed by atoms with Crippen molar-refractivity contribution in [2.24, 2.45) is 7.05 Å². The lowest BCUT2D eigenvalue weighted by Crippen LogP contribution is -2.25. The predicted octanol–water partition coefficient (Wildman–Crippen LogP) is 1.38. The third-order valence-corrected chi connectivity index (χ3v) is 1.88. The summed E-state index contributed by atoms with van der Waals surface area (Å²) in [4.78, 5) is 0. The highest BCUT2D eigenvalue weighted by atomic mass is 14.9. The second kappa shape index (κ2) is 4.51. The SMILES string of the molecule is C=C(/C=C\[N+](=C)C)c1cc[n+](C)cc1. The standard InChI is InChI=1S/C12H16N2/c1-11(5-8-13(2)3)12-6-9-14(4)10-7-12/h5-10H,1-2H2,3-4H3/q+2/b8-5-. The Balaban J connectivity index is 2.80. The molecule has 0 saturated heterocycles. The summed E-state index contributed by atoms with van der Waals surface area (Å²) in [7, 11) is 3.88. The monoisotopic (exact) mass is 188 g/mol. The van der Waals surface area contributed by atoms with Gasteiger partial charge in [0.25, 0.3) is 0 Å². The first-order chi connectivity index (χ1) is 6.59. The highest BCUT2D eigenvalue weighted by Crippen LogP contribution is 2.10. The molecule has 0 saturated carbocycles. The minimum absolute atomic E-state index is 0.987. The van der Waals surface area contributed by atoms with Gasteiger partial charge in [0.2, 0.25) is 0 Å². The summed E-state index contributed by atoms with van der Waals surface area (Å²) in [6.07, 6.45) is 7.84. The summed E-state index contributed by atoms with van der Waals surface area (Å²) in [6, 6.07) is 4.07. The van der Waals surface area contributed by atoms with Gasteiger partial charge in [0.15, 0.2) is 18.6 Å². The molecule has 0 aromatic carbocycles. The largest absolute Gasteiger partial charge is 0.214 e. The van der Waals surface area contributed by atoms with E-state index in [1.807, 2.05) is 55.5 Å². The minimum atomic E-state index is 0.987. The van der Waals surface area contributed by atoms with E-state index in [-0.39, 0.29) is 0 Å². The third-order valence-electron chi connectivity index (χ3n) is 1.88. The fourth-order valence-corrected chi connectivity index (χ4v) is 1.03. The summed E-state index contributed by atoms with van der Waals surface area (Å²) < 4.78 is 3.74. The van der Waals surface area contributed by atoms with E-state index in [9.17, 15) is 0 Å². The van der Waals surface area contributed by atoms with Crippen LogP contribution in [0.25, 0.3) is 5.57 Å². The van der Waals surface area contributed by atoms with Crippen LogP contribution >= 0.6 is 0 Å². The molecule has 0 atom stereocenters. The van der Waals surface area contributed by atoms with Crippen molar-refractivity contribution in [1.29, 1.82) is 0 Å². The van der Waals surface area contributed by atoms with Gasteiger partial charge in [-0.05, 0) is 11.1 Å². The van der Waals surface area contributed by atoms with Crippen LogP contribution in [0.1, 0.15) is 5.56 Å². The number of nitrogens with zero attached hydrogens (tertiary/aromatic N) is 2. The van der Waals surface area contributed by atoms with Crippen molar-refractivity contribution in [2.75, 3.05) is 7.05 Å². The molecule has 0 bridgehead atoms. The van der Waals surface area contributed by atoms with E-state index in [2.05, 4.69) is 13.3 Å². The van der Waals surface area contributed by atoms with Crippen LogP contribution in [0, 0.1) is 0 Å². The Morgan fingerprint density at radius 1 is 1.43 bits per heavy atom. The van der Waals surface area contributed by atoms with Crippen LogP contribution in [-0.2, 0) is 7.05 Å². The van der Waals surface area contributed by atoms with E-state index in [0.717, 1.165) is 11.1 Å². The highest BCUT2D eigenvalue weighted by molar-refractivity contribution is 5.70. The summed E-state index contributed by atoms with van der Waals surface area (Å²) in [5, 5.41) is 0. The average Bonchev–Trinajstić information content (AvgIpc) is 2.15. The average molecular weight is 188 g/mol. The summed E-state index contributed by atoms with van der Waals surface area (Å²) in [6.45, 7) is 7.70. The van der Waals surface area contributed by atoms with Gasteiger partial charge in [-0.3, -0.25) is 0 Å². The maximum atomic E-state index is 3.98. The number of hydrogen-bond donors (Lipinski definition) is 0. The summed E-state index contributed by atoms with van der Waals surface area (Å²) in [5.74, 6) is 0. The number of aromatic nitrogens is 1. The molecular weight excluding hydrogens is 172 g/mol. The van der Waals surface area contributed by atoms with Gasteiger partial charge < -0.3 is 0 Å². The second-order valence-corrected chi connectivity index (χ2v) is 3.35. The van der Waals surface area contributed by atoms with E-state index in [1.165, 1.54) is 0 Å². The van der Waals surface area contributed by atoms with E-state index in [4.69, 9.17) is 0 Å². The van der Waals surface area contributed by atoms with Gasteiger partial charge in [-0.15, -0.1) is 0 Å². The number of aryl methyl sites for hydroxylation is 1. The Morgan fingerprint density at radius 2 is 2.00 bits per heavy atom. The zero-order valence-electron chi connectivity index (χ0n) is 8.77. The molecule has 72 valence electrons. The minimum Gasteiger partial charge on any atom is -0.214 e. The molecule has 0 fully saturated rings. The molecule has 14 heavy (non-hydrogen) atoms. The van der Waals surface area contributed by atoms with Gasteiger partial charge in [0, 0.05) is 18.2 Å². The smallest absolute Gasteiger partial charge is 0.169 e. The first-order valence-corrected chi connectivity index (χ1v) is 4.45. The van der Waals surface area contributed by atoms with Gasteiger partial charge >= 0.3 is 0 Å². The Labute approximate surface area is 85.1 Å². The second-order valence-electron chi connectivity index (χ2n) is 3.35. The first-order valence-electron chi connectivity index (χ1n) is 4.45. The van der Waals surface area contributed by atoms with Crippen molar-refractivity contribution in [2.45, 2.75) is 0 Å². The number of pyridine rings is 1. The molecule has 0 unspecified atom stereocenters. The molecule has 0 aliphatic rings. The zero-order chi connectivity index (χ0) is 10.6. The lowest BCUT2D eigenvalue weighted by molar-refractivity contribution is -0.671. The molecule has 0 aliphatic carbocycles. The van der Waals surface area contributed by atoms with Crippen molar-refractivity contribution in [3.05, 3.63) is 48.9 Å². The van der Waals surface area contributed by atoms with Crippen LogP contribution in [0.4, 0.5) is 0 Å². The van der Waals surface area contributed by atoms with E-state index in [0.29, 0.717) is 0 Å². The van der Waals surface area contributed by atoms with E-state index >= 15 is 0 Å². The molecule has 0 aliphatic heterocycles. The zero-order valence-corrected chi connectivity index (χ0v) is 8.77. The molecule has 1 heterocycles. The Hall–Kier alpha value is -1.70. The number of hydrogen-bond acceptors (Lipinski definition) is 0. The first kappa shape index (κ1) is 10.4. The Morgan fingerprint density at radius 3 is 2.50 bits per heavy atom. The van der Waals surface area contributed by atoms with Crippen molar-refractivity contribution in [1.82, 2.24) is 0 Å². The summed E-state index contributed by atoms with van der Waals surface area (Å²) >= 11 is 0. The molecular formula is C12H16N2+2. The van der Waals surface area contributed by atoms with Crippen LogP contribution in [0.2, 0.25) is 0 Å². The van der Waals surface area contributed by atoms with Gasteiger partial charge in [0.1, 0.15) is 20.8 Å². The number of rotatable bonds is 3. The Kier molecular flexibility index (Phi) is 3.35. The quantitative estimate of drug-likeness (QED) is 0.384. The fourth-order valence-electron chi connectivity index (χ4n) is 1.03. The van der Waals surface area contributed by atoms with E-state index < -0.39 is 0 Å². The molecule has 0 amide bonds. The van der Waals surface area contributed by atoms with Crippen LogP contribution < -0.4 is 4.57 Å². The van der Waals surface area contributed by atoms with Crippen molar-refractivity contribution in [3.8, 4) is 0 Å². The van der Waals surface area contributed by atoms with E-state index in [1.54, 1.807) is 4.58 Å². The van der Waals surface area contributed by atoms with Crippen molar-refractivity contribution in [3.63, 3.8) is 0 Å². The molecule has 1 rings (SSSR count). The van der Waals surface area contributed by atoms with Crippen LogP contribution in [0.3, 0.4) is 0 Å². The van der Waals surface area contributed by atoms with Gasteiger partial charge in [-0.2, -0.15) is 0 Å². The highest BCUT2D eigenvalue weighted by Gasteiger charge is 1.98. The molecule has 0 N–H and O–H groups in total. The predicted molar refractivity (Wildman–Crippen MR) is 59.1 cm³/mol. The van der Waals surface area contributed by atoms with Gasteiger partial charge in [-0.25, -0.2) is 9.14 Å². The molecule has 0 spiro atoms. The molecule has 1 aromatic heterocycles. The lowest BCUT2D eigenvalue weighted by Gasteiger charge is -1.96. The normalized spacial score (nSPS) is 10.4.